The summed E-state index contributed by atoms with van der Waals surface area (Å²) >= 11 is 0. The number of aromatic nitrogens is 1. The molecule has 0 radical (unpaired) electrons. The van der Waals surface area contributed by atoms with Crippen LogP contribution in [-0.2, 0) is 24.3 Å². The van der Waals surface area contributed by atoms with Gasteiger partial charge in [-0.15, -0.1) is 0 Å². The van der Waals surface area contributed by atoms with Crippen LogP contribution in [0.15, 0.2) is 6.20 Å². The molecule has 2 aliphatic heterocycles. The van der Waals surface area contributed by atoms with E-state index < -0.39 is 0 Å². The van der Waals surface area contributed by atoms with Crippen LogP contribution >= 0.6 is 0 Å². The van der Waals surface area contributed by atoms with E-state index in [1.807, 2.05) is 13.1 Å². The lowest BCUT2D eigenvalue weighted by Crippen LogP contribution is -2.36. The maximum absolute atomic E-state index is 12.1. The number of carbonyl (C=O) groups excluding carboxylic acids is 1. The summed E-state index contributed by atoms with van der Waals surface area (Å²) in [4.78, 5) is 18.8. The van der Waals surface area contributed by atoms with Crippen molar-refractivity contribution in [3.63, 3.8) is 0 Å². The molecule has 1 saturated heterocycles. The van der Waals surface area contributed by atoms with Gasteiger partial charge in [0.1, 0.15) is 0 Å². The average Bonchev–Trinajstić information content (AvgIpc) is 2.99. The van der Waals surface area contributed by atoms with Crippen LogP contribution in [0.5, 0.6) is 0 Å². The summed E-state index contributed by atoms with van der Waals surface area (Å²) in [6.07, 6.45) is 5.42. The first-order valence-electron chi connectivity index (χ1n) is 7.90. The Labute approximate surface area is 126 Å². The first-order chi connectivity index (χ1) is 10.2. The number of nitrogens with zero attached hydrogens (tertiary/aromatic N) is 2. The summed E-state index contributed by atoms with van der Waals surface area (Å²) in [7, 11) is 0. The highest BCUT2D eigenvalue weighted by molar-refractivity contribution is 5.78. The average molecular weight is 288 g/mol. The minimum Gasteiger partial charge on any atom is -0.351 e. The Balaban J connectivity index is 1.63. The van der Waals surface area contributed by atoms with Gasteiger partial charge in [0, 0.05) is 25.0 Å². The molecular weight excluding hydrogens is 264 g/mol. The summed E-state index contributed by atoms with van der Waals surface area (Å²) in [5.41, 5.74) is 4.90. The van der Waals surface area contributed by atoms with Gasteiger partial charge in [0.25, 0.3) is 0 Å². The van der Waals surface area contributed by atoms with Crippen LogP contribution in [0.2, 0.25) is 0 Å². The van der Waals surface area contributed by atoms with Gasteiger partial charge in [-0.3, -0.25) is 14.7 Å². The lowest BCUT2D eigenvalue weighted by Gasteiger charge is -2.22. The fraction of sp³-hybridized carbons (Fsp3) is 0.625. The third-order valence-corrected chi connectivity index (χ3v) is 4.50. The Morgan fingerprint density at radius 3 is 3.05 bits per heavy atom. The lowest BCUT2D eigenvalue weighted by atomic mass is 9.96. The molecule has 0 bridgehead atoms. The van der Waals surface area contributed by atoms with Crippen molar-refractivity contribution in [3.05, 3.63) is 28.6 Å². The van der Waals surface area contributed by atoms with Crippen LogP contribution in [-0.4, -0.2) is 42.0 Å². The van der Waals surface area contributed by atoms with Crippen LogP contribution < -0.4 is 10.6 Å². The van der Waals surface area contributed by atoms with Gasteiger partial charge in [0.2, 0.25) is 5.91 Å². The van der Waals surface area contributed by atoms with Gasteiger partial charge in [-0.05, 0) is 62.5 Å². The molecule has 0 unspecified atom stereocenters. The fourth-order valence-corrected chi connectivity index (χ4v) is 3.26. The third-order valence-electron chi connectivity index (χ3n) is 4.50. The molecule has 0 aromatic carbocycles. The van der Waals surface area contributed by atoms with Gasteiger partial charge < -0.3 is 10.6 Å². The van der Waals surface area contributed by atoms with Crippen molar-refractivity contribution < 1.29 is 4.79 Å². The summed E-state index contributed by atoms with van der Waals surface area (Å²) in [5.74, 6) is 0.128. The van der Waals surface area contributed by atoms with Gasteiger partial charge in [-0.25, -0.2) is 0 Å². The maximum atomic E-state index is 12.1. The van der Waals surface area contributed by atoms with Crippen LogP contribution in [0, 0.1) is 6.92 Å². The minimum absolute atomic E-state index is 0.128. The van der Waals surface area contributed by atoms with E-state index >= 15 is 0 Å². The van der Waals surface area contributed by atoms with E-state index in [1.165, 1.54) is 29.5 Å². The molecule has 3 rings (SSSR count). The van der Waals surface area contributed by atoms with Crippen LogP contribution in [0.1, 0.15) is 35.2 Å². The van der Waals surface area contributed by atoms with Gasteiger partial charge in [-0.2, -0.15) is 0 Å². The molecule has 2 N–H and O–H groups in total. The lowest BCUT2D eigenvalue weighted by molar-refractivity contribution is -0.122. The zero-order valence-electron chi connectivity index (χ0n) is 12.7. The number of amides is 1. The van der Waals surface area contributed by atoms with Crippen LogP contribution in [0.25, 0.3) is 0 Å². The smallest absolute Gasteiger partial charge is 0.234 e. The SMILES string of the molecule is Cc1ncc2c(c1CNC(=O)CN1CCCC1)CCNC2. The minimum atomic E-state index is 0.128. The molecule has 21 heavy (non-hydrogen) atoms. The quantitative estimate of drug-likeness (QED) is 0.858. The number of hydrogen-bond donors (Lipinski definition) is 2. The van der Waals surface area contributed by atoms with E-state index in [1.54, 1.807) is 0 Å². The third kappa shape index (κ3) is 3.41. The zero-order chi connectivity index (χ0) is 14.7. The number of pyridine rings is 1. The molecule has 0 saturated carbocycles. The molecule has 114 valence electrons. The molecular formula is C16H24N4O. The Bertz CT molecular complexity index is 523. The number of likely N-dealkylation sites (tertiary alicyclic amines) is 1. The molecule has 0 atom stereocenters. The maximum Gasteiger partial charge on any atom is 0.234 e. The normalized spacial score (nSPS) is 18.5. The van der Waals surface area contributed by atoms with E-state index in [4.69, 9.17) is 0 Å². The van der Waals surface area contributed by atoms with Crippen molar-refractivity contribution in [2.45, 2.75) is 39.3 Å². The van der Waals surface area contributed by atoms with E-state index in [-0.39, 0.29) is 5.91 Å². The zero-order valence-corrected chi connectivity index (χ0v) is 12.7. The van der Waals surface area contributed by atoms with Crippen LogP contribution in [0.4, 0.5) is 0 Å². The molecule has 0 aliphatic carbocycles. The Morgan fingerprint density at radius 2 is 2.24 bits per heavy atom. The molecule has 2 aliphatic rings. The van der Waals surface area contributed by atoms with E-state index in [2.05, 4.69) is 20.5 Å². The van der Waals surface area contributed by atoms with E-state index in [0.29, 0.717) is 13.1 Å². The second-order valence-electron chi connectivity index (χ2n) is 6.01. The first kappa shape index (κ1) is 14.5. The number of nitrogens with one attached hydrogen (secondary N) is 2. The number of aryl methyl sites for hydroxylation is 1. The Hall–Kier alpha value is -1.46. The first-order valence-corrected chi connectivity index (χ1v) is 7.90. The number of hydrogen-bond acceptors (Lipinski definition) is 4. The highest BCUT2D eigenvalue weighted by Crippen LogP contribution is 2.20. The second kappa shape index (κ2) is 6.54. The van der Waals surface area contributed by atoms with Crippen molar-refractivity contribution in [2.75, 3.05) is 26.2 Å². The van der Waals surface area contributed by atoms with Crippen molar-refractivity contribution >= 4 is 5.91 Å². The summed E-state index contributed by atoms with van der Waals surface area (Å²) in [5, 5.41) is 6.44. The summed E-state index contributed by atoms with van der Waals surface area (Å²) < 4.78 is 0. The molecule has 5 nitrogen and oxygen atoms in total. The van der Waals surface area contributed by atoms with Gasteiger partial charge in [-0.1, -0.05) is 0 Å². The van der Waals surface area contributed by atoms with Gasteiger partial charge in [0.05, 0.1) is 6.54 Å². The molecule has 0 spiro atoms. The molecule has 1 fully saturated rings. The second-order valence-corrected chi connectivity index (χ2v) is 6.01. The predicted molar refractivity (Wildman–Crippen MR) is 81.9 cm³/mol. The molecule has 1 amide bonds. The van der Waals surface area contributed by atoms with Crippen molar-refractivity contribution in [3.8, 4) is 0 Å². The Kier molecular flexibility index (Phi) is 4.51. The van der Waals surface area contributed by atoms with Crippen molar-refractivity contribution in [1.29, 1.82) is 0 Å². The van der Waals surface area contributed by atoms with E-state index in [9.17, 15) is 4.79 Å². The molecule has 3 heterocycles. The van der Waals surface area contributed by atoms with Crippen LogP contribution in [0.3, 0.4) is 0 Å². The topological polar surface area (TPSA) is 57.3 Å². The van der Waals surface area contributed by atoms with Crippen molar-refractivity contribution in [2.24, 2.45) is 0 Å². The molecule has 5 heteroatoms. The van der Waals surface area contributed by atoms with Gasteiger partial charge in [0.15, 0.2) is 0 Å². The summed E-state index contributed by atoms with van der Waals surface area (Å²) in [6, 6.07) is 0. The summed E-state index contributed by atoms with van der Waals surface area (Å²) in [6.45, 7) is 7.17. The van der Waals surface area contributed by atoms with E-state index in [0.717, 1.165) is 38.3 Å². The number of fused-ring (bicyclic) bond motifs is 1. The number of rotatable bonds is 4. The Morgan fingerprint density at radius 1 is 1.43 bits per heavy atom. The highest BCUT2D eigenvalue weighted by Gasteiger charge is 2.18. The number of carbonyl (C=O) groups is 1. The molecule has 1 aromatic heterocycles. The van der Waals surface area contributed by atoms with Gasteiger partial charge >= 0.3 is 0 Å². The predicted octanol–water partition coefficient (Wildman–Crippen LogP) is 0.748. The largest absolute Gasteiger partial charge is 0.351 e. The highest BCUT2D eigenvalue weighted by atomic mass is 16.2. The monoisotopic (exact) mass is 288 g/mol. The van der Waals surface area contributed by atoms with Crippen molar-refractivity contribution in [1.82, 2.24) is 20.5 Å². The molecule has 1 aromatic rings. The standard InChI is InChI=1S/C16H24N4O/c1-12-15(14-4-5-17-8-13(14)9-18-12)10-19-16(21)11-20-6-2-3-7-20/h9,17H,2-8,10-11H2,1H3,(H,19,21). The fourth-order valence-electron chi connectivity index (χ4n) is 3.26.